The second kappa shape index (κ2) is 7.70. The molecule has 5 heteroatoms. The summed E-state index contributed by atoms with van der Waals surface area (Å²) in [5, 5.41) is 9.36. The Morgan fingerprint density at radius 2 is 2.00 bits per heavy atom. The third-order valence-electron chi connectivity index (χ3n) is 4.54. The maximum absolute atomic E-state index is 13.3. The highest BCUT2D eigenvalue weighted by Crippen LogP contribution is 2.20. The first-order chi connectivity index (χ1) is 10.6. The van der Waals surface area contributed by atoms with Crippen molar-refractivity contribution in [3.05, 3.63) is 35.6 Å². The van der Waals surface area contributed by atoms with Gasteiger partial charge in [0.15, 0.2) is 0 Å². The zero-order chi connectivity index (χ0) is 16.1. The van der Waals surface area contributed by atoms with Crippen molar-refractivity contribution in [3.8, 4) is 0 Å². The van der Waals surface area contributed by atoms with Crippen LogP contribution in [0.3, 0.4) is 0 Å². The smallest absolute Gasteiger partial charge is 0.229 e. The second-order valence-electron chi connectivity index (χ2n) is 5.88. The summed E-state index contributed by atoms with van der Waals surface area (Å²) in [6.45, 7) is 6.92. The Kier molecular flexibility index (Phi) is 5.91. The van der Waals surface area contributed by atoms with Gasteiger partial charge in [0.1, 0.15) is 5.82 Å². The van der Waals surface area contributed by atoms with Gasteiger partial charge in [-0.3, -0.25) is 9.69 Å². The van der Waals surface area contributed by atoms with Crippen molar-refractivity contribution in [2.75, 3.05) is 32.8 Å². The van der Waals surface area contributed by atoms with Crippen LogP contribution in [0.2, 0.25) is 0 Å². The molecule has 1 aliphatic rings. The maximum Gasteiger partial charge on any atom is 0.229 e. The molecule has 122 valence electrons. The third-order valence-corrected chi connectivity index (χ3v) is 4.54. The molecule has 0 radical (unpaired) electrons. The Morgan fingerprint density at radius 1 is 1.32 bits per heavy atom. The molecule has 0 aliphatic carbocycles. The molecule has 1 saturated heterocycles. The number of aliphatic hydroxyl groups excluding tert-OH is 1. The predicted octanol–water partition coefficient (Wildman–Crippen LogP) is 1.84. The van der Waals surface area contributed by atoms with E-state index in [0.29, 0.717) is 18.7 Å². The van der Waals surface area contributed by atoms with Gasteiger partial charge in [-0.05, 0) is 31.0 Å². The highest BCUT2D eigenvalue weighted by Gasteiger charge is 2.28. The summed E-state index contributed by atoms with van der Waals surface area (Å²) in [6.07, 6.45) is 0.907. The summed E-state index contributed by atoms with van der Waals surface area (Å²) < 4.78 is 13.3. The van der Waals surface area contributed by atoms with Crippen LogP contribution in [0.5, 0.6) is 0 Å². The Labute approximate surface area is 131 Å². The first kappa shape index (κ1) is 16.9. The molecule has 0 spiro atoms. The molecule has 1 amide bonds. The molecule has 22 heavy (non-hydrogen) atoms. The van der Waals surface area contributed by atoms with E-state index in [1.54, 1.807) is 12.1 Å². The normalized spacial score (nSPS) is 19.0. The molecule has 1 N–H and O–H groups in total. The third kappa shape index (κ3) is 3.84. The Hall–Kier alpha value is -1.46. The van der Waals surface area contributed by atoms with Crippen LogP contribution in [-0.2, 0) is 4.79 Å². The molecule has 2 rings (SSSR count). The number of benzene rings is 1. The van der Waals surface area contributed by atoms with Crippen molar-refractivity contribution in [2.45, 2.75) is 32.2 Å². The van der Waals surface area contributed by atoms with Crippen LogP contribution in [0.1, 0.15) is 31.7 Å². The minimum atomic E-state index is -0.331. The lowest BCUT2D eigenvalue weighted by Gasteiger charge is -2.39. The van der Waals surface area contributed by atoms with E-state index in [1.807, 2.05) is 11.8 Å². The fourth-order valence-electron chi connectivity index (χ4n) is 3.00. The van der Waals surface area contributed by atoms with E-state index in [4.69, 9.17) is 0 Å². The van der Waals surface area contributed by atoms with Gasteiger partial charge in [-0.1, -0.05) is 19.1 Å². The van der Waals surface area contributed by atoms with Crippen LogP contribution >= 0.6 is 0 Å². The van der Waals surface area contributed by atoms with Crippen LogP contribution in [0, 0.1) is 5.82 Å². The highest BCUT2D eigenvalue weighted by molar-refractivity contribution is 5.83. The van der Waals surface area contributed by atoms with Gasteiger partial charge < -0.3 is 10.0 Å². The average molecular weight is 308 g/mol. The Morgan fingerprint density at radius 3 is 2.55 bits per heavy atom. The van der Waals surface area contributed by atoms with Crippen LogP contribution in [0.25, 0.3) is 0 Å². The molecular weight excluding hydrogens is 283 g/mol. The molecule has 2 atom stereocenters. The molecule has 0 aromatic heterocycles. The van der Waals surface area contributed by atoms with Crippen molar-refractivity contribution in [1.82, 2.24) is 9.80 Å². The lowest BCUT2D eigenvalue weighted by molar-refractivity contribution is -0.134. The summed E-state index contributed by atoms with van der Waals surface area (Å²) in [5.74, 6) is -0.597. The first-order valence-electron chi connectivity index (χ1n) is 7.96. The summed E-state index contributed by atoms with van der Waals surface area (Å²) in [4.78, 5) is 16.6. The van der Waals surface area contributed by atoms with E-state index in [2.05, 4.69) is 11.8 Å². The summed E-state index contributed by atoms with van der Waals surface area (Å²) in [7, 11) is 0. The van der Waals surface area contributed by atoms with E-state index in [1.165, 1.54) is 12.1 Å². The van der Waals surface area contributed by atoms with Crippen molar-refractivity contribution in [2.24, 2.45) is 0 Å². The van der Waals surface area contributed by atoms with E-state index < -0.39 is 0 Å². The predicted molar refractivity (Wildman–Crippen MR) is 84.1 cm³/mol. The van der Waals surface area contributed by atoms with Gasteiger partial charge in [0.25, 0.3) is 0 Å². The molecule has 1 fully saturated rings. The van der Waals surface area contributed by atoms with Gasteiger partial charge in [-0.15, -0.1) is 0 Å². The Bertz CT molecular complexity index is 497. The van der Waals surface area contributed by atoms with Crippen molar-refractivity contribution in [3.63, 3.8) is 0 Å². The van der Waals surface area contributed by atoms with Gasteiger partial charge in [0.2, 0.25) is 5.91 Å². The van der Waals surface area contributed by atoms with E-state index >= 15 is 0 Å². The summed E-state index contributed by atoms with van der Waals surface area (Å²) in [5.41, 5.74) is 0.717. The first-order valence-corrected chi connectivity index (χ1v) is 7.96. The number of halogens is 1. The number of aliphatic hydroxyl groups is 1. The molecule has 0 saturated carbocycles. The topological polar surface area (TPSA) is 43.8 Å². The van der Waals surface area contributed by atoms with E-state index in [9.17, 15) is 14.3 Å². The summed E-state index contributed by atoms with van der Waals surface area (Å²) >= 11 is 0. The lowest BCUT2D eigenvalue weighted by atomic mass is 9.99. The molecule has 2 unspecified atom stereocenters. The fourth-order valence-corrected chi connectivity index (χ4v) is 3.00. The van der Waals surface area contributed by atoms with Crippen molar-refractivity contribution < 1.29 is 14.3 Å². The second-order valence-corrected chi connectivity index (χ2v) is 5.88. The average Bonchev–Trinajstić information content (AvgIpc) is 2.55. The van der Waals surface area contributed by atoms with Crippen LogP contribution < -0.4 is 0 Å². The number of carbonyl (C=O) groups excluding carboxylic acids is 1. The zero-order valence-electron chi connectivity index (χ0n) is 13.3. The lowest BCUT2D eigenvalue weighted by Crippen LogP contribution is -2.53. The minimum absolute atomic E-state index is 0.0438. The van der Waals surface area contributed by atoms with Crippen molar-refractivity contribution in [1.29, 1.82) is 0 Å². The van der Waals surface area contributed by atoms with Gasteiger partial charge in [-0.25, -0.2) is 4.39 Å². The zero-order valence-corrected chi connectivity index (χ0v) is 13.3. The monoisotopic (exact) mass is 308 g/mol. The van der Waals surface area contributed by atoms with Crippen molar-refractivity contribution >= 4 is 5.91 Å². The molecule has 0 bridgehead atoms. The minimum Gasteiger partial charge on any atom is -0.395 e. The fraction of sp³-hybridized carbons (Fsp3) is 0.588. The quantitative estimate of drug-likeness (QED) is 0.903. The molecule has 4 nitrogen and oxygen atoms in total. The SMILES string of the molecule is CCC(CO)N1CCN(C(=O)C(C)c2cccc(F)c2)CC1. The van der Waals surface area contributed by atoms with Crippen LogP contribution in [0.15, 0.2) is 24.3 Å². The number of hydrogen-bond acceptors (Lipinski definition) is 3. The van der Waals surface area contributed by atoms with Crippen LogP contribution in [0.4, 0.5) is 4.39 Å². The maximum atomic E-state index is 13.3. The largest absolute Gasteiger partial charge is 0.395 e. The standard InChI is InChI=1S/C17H25FN2O2/c1-3-16(12-21)19-7-9-20(10-8-19)17(22)13(2)14-5-4-6-15(18)11-14/h4-6,11,13,16,21H,3,7-10,12H2,1-2H3. The number of rotatable bonds is 5. The number of nitrogens with zero attached hydrogens (tertiary/aromatic N) is 2. The van der Waals surface area contributed by atoms with Gasteiger partial charge in [0, 0.05) is 32.2 Å². The van der Waals surface area contributed by atoms with Crippen LogP contribution in [-0.4, -0.2) is 59.6 Å². The molecule has 1 heterocycles. The van der Waals surface area contributed by atoms with E-state index in [0.717, 1.165) is 19.5 Å². The molecule has 1 aromatic rings. The number of amides is 1. The van der Waals surface area contributed by atoms with Gasteiger partial charge in [0.05, 0.1) is 12.5 Å². The Balaban J connectivity index is 1.94. The van der Waals surface area contributed by atoms with Gasteiger partial charge in [-0.2, -0.15) is 0 Å². The number of piperazine rings is 1. The molecule has 1 aliphatic heterocycles. The van der Waals surface area contributed by atoms with E-state index in [-0.39, 0.29) is 30.3 Å². The summed E-state index contributed by atoms with van der Waals surface area (Å²) in [6, 6.07) is 6.43. The van der Waals surface area contributed by atoms with Gasteiger partial charge >= 0.3 is 0 Å². The molecule has 1 aromatic carbocycles. The highest BCUT2D eigenvalue weighted by atomic mass is 19.1. The number of hydrogen-bond donors (Lipinski definition) is 1. The molecular formula is C17H25FN2O2. The number of carbonyl (C=O) groups is 1.